The maximum Gasteiger partial charge on any atom is 0.268 e. The molecular weight excluding hydrogens is 410 g/mol. The summed E-state index contributed by atoms with van der Waals surface area (Å²) in [6.07, 6.45) is 5.96. The zero-order chi connectivity index (χ0) is 21.8. The Morgan fingerprint density at radius 1 is 1.19 bits per heavy atom. The third-order valence-corrected chi connectivity index (χ3v) is 5.74. The van der Waals surface area contributed by atoms with Crippen LogP contribution in [-0.4, -0.2) is 37.9 Å². The number of carbonyl (C=O) groups excluding carboxylic acids is 1. The van der Waals surface area contributed by atoms with Gasteiger partial charge in [-0.3, -0.25) is 14.6 Å². The number of aromatic nitrogens is 4. The number of thioether (sulfide) groups is 1. The highest BCUT2D eigenvalue weighted by Gasteiger charge is 2.20. The van der Waals surface area contributed by atoms with E-state index in [1.54, 1.807) is 30.2 Å². The van der Waals surface area contributed by atoms with Crippen molar-refractivity contribution in [3.8, 4) is 11.4 Å². The molecule has 1 amide bonds. The molecular formula is C23H23N5O2S. The van der Waals surface area contributed by atoms with Gasteiger partial charge in [-0.05, 0) is 55.2 Å². The zero-order valence-electron chi connectivity index (χ0n) is 17.3. The molecule has 0 fully saturated rings. The maximum absolute atomic E-state index is 13.0. The van der Waals surface area contributed by atoms with Crippen molar-refractivity contribution in [3.05, 3.63) is 82.2 Å². The topological polar surface area (TPSA) is 104 Å². The number of aryl methyl sites for hydroxylation is 1. The minimum absolute atomic E-state index is 0.230. The van der Waals surface area contributed by atoms with Crippen LogP contribution in [0, 0.1) is 6.92 Å². The molecule has 7 nitrogen and oxygen atoms in total. The van der Waals surface area contributed by atoms with Crippen LogP contribution in [0.15, 0.2) is 59.7 Å². The molecule has 0 spiro atoms. The van der Waals surface area contributed by atoms with Crippen LogP contribution in [-0.2, 0) is 0 Å². The largest absolute Gasteiger partial charge is 0.351 e. The Bertz CT molecular complexity index is 1270. The van der Waals surface area contributed by atoms with Crippen LogP contribution in [0.5, 0.6) is 0 Å². The summed E-state index contributed by atoms with van der Waals surface area (Å²) < 4.78 is 0. The first-order valence-electron chi connectivity index (χ1n) is 9.95. The van der Waals surface area contributed by atoms with Crippen LogP contribution >= 0.6 is 11.8 Å². The smallest absolute Gasteiger partial charge is 0.268 e. The average Bonchev–Trinajstić information content (AvgIpc) is 3.23. The molecule has 0 saturated carbocycles. The normalized spacial score (nSPS) is 12.1. The molecule has 4 rings (SSSR count). The fourth-order valence-electron chi connectivity index (χ4n) is 3.49. The lowest BCUT2D eigenvalue weighted by Gasteiger charge is -2.18. The summed E-state index contributed by atoms with van der Waals surface area (Å²) in [5.74, 6) is 1.01. The third-order valence-electron chi connectivity index (χ3n) is 5.10. The monoisotopic (exact) mass is 433 g/mol. The molecule has 0 radical (unpaired) electrons. The average molecular weight is 434 g/mol. The summed E-state index contributed by atoms with van der Waals surface area (Å²) in [5.41, 5.74) is 3.46. The van der Waals surface area contributed by atoms with Crippen molar-refractivity contribution in [1.29, 1.82) is 0 Å². The molecule has 158 valence electrons. The standard InChI is InChI=1S/C23H23N5O2S/c1-14-5-3-7-17-16(14)11-20(25-17)23(30)27-18(8-10-31-2)19-12-21(29)28-22(26-19)15-6-4-9-24-13-15/h3-7,9,11-13,18,25H,8,10H2,1-2H3,(H,27,30)(H,26,28,29)/t18-/m0/s1. The Labute approximate surface area is 183 Å². The van der Waals surface area contributed by atoms with E-state index in [2.05, 4.69) is 25.3 Å². The Kier molecular flexibility index (Phi) is 6.18. The number of carbonyl (C=O) groups is 1. The van der Waals surface area contributed by atoms with Crippen LogP contribution in [0.25, 0.3) is 22.3 Å². The molecule has 0 aliphatic heterocycles. The van der Waals surface area contributed by atoms with Crippen LogP contribution in [0.1, 0.15) is 34.2 Å². The minimum atomic E-state index is -0.398. The van der Waals surface area contributed by atoms with E-state index in [4.69, 9.17) is 0 Å². The molecule has 3 aromatic heterocycles. The second-order valence-electron chi connectivity index (χ2n) is 7.29. The first-order valence-corrected chi connectivity index (χ1v) is 11.3. The zero-order valence-corrected chi connectivity index (χ0v) is 18.1. The number of H-pyrrole nitrogens is 2. The van der Waals surface area contributed by atoms with Crippen molar-refractivity contribution in [3.63, 3.8) is 0 Å². The second-order valence-corrected chi connectivity index (χ2v) is 8.27. The third kappa shape index (κ3) is 4.69. The van der Waals surface area contributed by atoms with Crippen molar-refractivity contribution in [1.82, 2.24) is 25.3 Å². The molecule has 8 heteroatoms. The van der Waals surface area contributed by atoms with E-state index in [1.165, 1.54) is 6.07 Å². The van der Waals surface area contributed by atoms with Gasteiger partial charge in [-0.25, -0.2) is 4.98 Å². The summed E-state index contributed by atoms with van der Waals surface area (Å²) in [6, 6.07) is 12.4. The molecule has 1 atom stereocenters. The summed E-state index contributed by atoms with van der Waals surface area (Å²) in [7, 11) is 0. The first-order chi connectivity index (χ1) is 15.0. The summed E-state index contributed by atoms with van der Waals surface area (Å²) in [5, 5.41) is 4.07. The first kappa shape index (κ1) is 20.9. The predicted octanol–water partition coefficient (Wildman–Crippen LogP) is 3.85. The molecule has 0 saturated heterocycles. The van der Waals surface area contributed by atoms with Gasteiger partial charge < -0.3 is 15.3 Å². The lowest BCUT2D eigenvalue weighted by atomic mass is 10.1. The van der Waals surface area contributed by atoms with Crippen molar-refractivity contribution < 1.29 is 4.79 Å². The number of nitrogens with zero attached hydrogens (tertiary/aromatic N) is 2. The van der Waals surface area contributed by atoms with Gasteiger partial charge in [0.15, 0.2) is 0 Å². The van der Waals surface area contributed by atoms with Crippen LogP contribution in [0.4, 0.5) is 0 Å². The number of nitrogens with one attached hydrogen (secondary N) is 3. The van der Waals surface area contributed by atoms with E-state index in [9.17, 15) is 9.59 Å². The Hall–Kier alpha value is -3.39. The highest BCUT2D eigenvalue weighted by molar-refractivity contribution is 7.98. The van der Waals surface area contributed by atoms with E-state index >= 15 is 0 Å². The number of fused-ring (bicyclic) bond motifs is 1. The van der Waals surface area contributed by atoms with Crippen LogP contribution in [0.2, 0.25) is 0 Å². The van der Waals surface area contributed by atoms with E-state index in [0.717, 1.165) is 22.2 Å². The SMILES string of the molecule is CSCC[C@H](NC(=O)c1cc2c(C)cccc2[nH]1)c1cc(=O)[nH]c(-c2cccnc2)n1. The quantitative estimate of drug-likeness (QED) is 0.411. The molecule has 3 N–H and O–H groups in total. The highest BCUT2D eigenvalue weighted by Crippen LogP contribution is 2.22. The van der Waals surface area contributed by atoms with E-state index in [1.807, 2.05) is 43.5 Å². The fourth-order valence-corrected chi connectivity index (χ4v) is 3.96. The Morgan fingerprint density at radius 3 is 2.81 bits per heavy atom. The van der Waals surface area contributed by atoms with Gasteiger partial charge in [0, 0.05) is 34.9 Å². The van der Waals surface area contributed by atoms with Gasteiger partial charge in [0.25, 0.3) is 11.5 Å². The van der Waals surface area contributed by atoms with Crippen LogP contribution < -0.4 is 10.9 Å². The maximum atomic E-state index is 13.0. The number of hydrogen-bond donors (Lipinski definition) is 3. The summed E-state index contributed by atoms with van der Waals surface area (Å²) >= 11 is 1.68. The molecule has 3 heterocycles. The van der Waals surface area contributed by atoms with E-state index < -0.39 is 6.04 Å². The molecule has 0 unspecified atom stereocenters. The van der Waals surface area contributed by atoms with Crippen molar-refractivity contribution in [2.75, 3.05) is 12.0 Å². The second kappa shape index (κ2) is 9.18. The van der Waals surface area contributed by atoms with Gasteiger partial charge in [0.05, 0.1) is 11.7 Å². The number of aromatic amines is 2. The number of amides is 1. The number of rotatable bonds is 7. The molecule has 1 aromatic carbocycles. The van der Waals surface area contributed by atoms with Gasteiger partial charge in [0.2, 0.25) is 0 Å². The summed E-state index contributed by atoms with van der Waals surface area (Å²) in [4.78, 5) is 40.0. The molecule has 0 aliphatic carbocycles. The van der Waals surface area contributed by atoms with Gasteiger partial charge in [-0.1, -0.05) is 12.1 Å². The minimum Gasteiger partial charge on any atom is -0.351 e. The number of hydrogen-bond acceptors (Lipinski definition) is 5. The van der Waals surface area contributed by atoms with Gasteiger partial charge in [-0.2, -0.15) is 11.8 Å². The fraction of sp³-hybridized carbons (Fsp3) is 0.217. The lowest BCUT2D eigenvalue weighted by molar-refractivity contribution is 0.0930. The molecule has 0 bridgehead atoms. The van der Waals surface area contributed by atoms with E-state index in [-0.39, 0.29) is 11.5 Å². The Morgan fingerprint density at radius 2 is 2.06 bits per heavy atom. The number of benzene rings is 1. The van der Waals surface area contributed by atoms with E-state index in [0.29, 0.717) is 29.2 Å². The van der Waals surface area contributed by atoms with Gasteiger partial charge >= 0.3 is 0 Å². The number of pyridine rings is 1. The lowest BCUT2D eigenvalue weighted by Crippen LogP contribution is -2.31. The van der Waals surface area contributed by atoms with Gasteiger partial charge in [-0.15, -0.1) is 0 Å². The molecule has 0 aliphatic rings. The predicted molar refractivity (Wildman–Crippen MR) is 124 cm³/mol. The van der Waals surface area contributed by atoms with Crippen molar-refractivity contribution in [2.45, 2.75) is 19.4 Å². The van der Waals surface area contributed by atoms with Crippen molar-refractivity contribution in [2.24, 2.45) is 0 Å². The highest BCUT2D eigenvalue weighted by atomic mass is 32.2. The van der Waals surface area contributed by atoms with Crippen LogP contribution in [0.3, 0.4) is 0 Å². The van der Waals surface area contributed by atoms with Gasteiger partial charge in [0.1, 0.15) is 11.5 Å². The molecule has 31 heavy (non-hydrogen) atoms. The Balaban J connectivity index is 1.65. The van der Waals surface area contributed by atoms with Crippen molar-refractivity contribution >= 4 is 28.6 Å². The summed E-state index contributed by atoms with van der Waals surface area (Å²) in [6.45, 7) is 2.01. The molecule has 4 aromatic rings.